The molecule has 1 aliphatic heterocycles. The van der Waals surface area contributed by atoms with Crippen molar-refractivity contribution in [3.63, 3.8) is 0 Å². The zero-order valence-corrected chi connectivity index (χ0v) is 14.1. The average molecular weight is 327 g/mol. The summed E-state index contributed by atoms with van der Waals surface area (Å²) >= 11 is 0. The fourth-order valence-electron chi connectivity index (χ4n) is 3.32. The topological polar surface area (TPSA) is 91.3 Å². The lowest BCUT2D eigenvalue weighted by molar-refractivity contribution is -0.143. The number of carboxylic acids is 1. The molecule has 1 saturated heterocycles. The SMILES string of the molecule is Cc1cc(C)c2nc(C)cc(C(=O)N[C@@]3(C(=O)O)CCNC3)c2c1. The van der Waals surface area contributed by atoms with E-state index in [1.54, 1.807) is 6.07 Å². The van der Waals surface area contributed by atoms with Gasteiger partial charge >= 0.3 is 5.97 Å². The van der Waals surface area contributed by atoms with Crippen LogP contribution in [0.3, 0.4) is 0 Å². The second-order valence-corrected chi connectivity index (χ2v) is 6.56. The van der Waals surface area contributed by atoms with Gasteiger partial charge in [0.1, 0.15) is 0 Å². The summed E-state index contributed by atoms with van der Waals surface area (Å²) in [5.74, 6) is -1.38. The highest BCUT2D eigenvalue weighted by atomic mass is 16.4. The molecule has 24 heavy (non-hydrogen) atoms. The van der Waals surface area contributed by atoms with Crippen LogP contribution in [0.2, 0.25) is 0 Å². The van der Waals surface area contributed by atoms with E-state index in [0.717, 1.165) is 27.7 Å². The summed E-state index contributed by atoms with van der Waals surface area (Å²) in [5, 5.41) is 16.0. The minimum absolute atomic E-state index is 0.230. The maximum atomic E-state index is 12.9. The van der Waals surface area contributed by atoms with Gasteiger partial charge in [-0.25, -0.2) is 4.79 Å². The van der Waals surface area contributed by atoms with Crippen molar-refractivity contribution >= 4 is 22.8 Å². The lowest BCUT2D eigenvalue weighted by atomic mass is 9.96. The van der Waals surface area contributed by atoms with Crippen molar-refractivity contribution in [2.75, 3.05) is 13.1 Å². The van der Waals surface area contributed by atoms with Gasteiger partial charge in [-0.1, -0.05) is 11.6 Å². The van der Waals surface area contributed by atoms with Gasteiger partial charge in [-0.05, 0) is 51.4 Å². The van der Waals surface area contributed by atoms with Gasteiger partial charge in [-0.15, -0.1) is 0 Å². The van der Waals surface area contributed by atoms with E-state index in [1.807, 2.05) is 32.9 Å². The number of hydrogen-bond donors (Lipinski definition) is 3. The predicted molar refractivity (Wildman–Crippen MR) is 91.3 cm³/mol. The predicted octanol–water partition coefficient (Wildman–Crippen LogP) is 1.71. The van der Waals surface area contributed by atoms with Crippen molar-refractivity contribution in [3.8, 4) is 0 Å². The molecule has 0 radical (unpaired) electrons. The van der Waals surface area contributed by atoms with Crippen LogP contribution in [0.5, 0.6) is 0 Å². The minimum atomic E-state index is -1.25. The highest BCUT2D eigenvalue weighted by Crippen LogP contribution is 2.25. The van der Waals surface area contributed by atoms with E-state index < -0.39 is 11.5 Å². The lowest BCUT2D eigenvalue weighted by Crippen LogP contribution is -2.56. The summed E-state index contributed by atoms with van der Waals surface area (Å²) in [5.41, 5.74) is 2.76. The molecule has 6 heteroatoms. The Hall–Kier alpha value is -2.47. The second-order valence-electron chi connectivity index (χ2n) is 6.56. The Morgan fingerprint density at radius 1 is 1.25 bits per heavy atom. The quantitative estimate of drug-likeness (QED) is 0.798. The fraction of sp³-hybridized carbons (Fsp3) is 0.389. The number of rotatable bonds is 3. The van der Waals surface area contributed by atoms with Gasteiger partial charge in [-0.3, -0.25) is 9.78 Å². The molecule has 1 fully saturated rings. The molecule has 0 unspecified atom stereocenters. The Labute approximate surface area is 140 Å². The molecule has 1 aromatic heterocycles. The Morgan fingerprint density at radius 3 is 2.62 bits per heavy atom. The van der Waals surface area contributed by atoms with Gasteiger partial charge in [0, 0.05) is 17.6 Å². The van der Waals surface area contributed by atoms with Crippen LogP contribution in [0.1, 0.15) is 33.6 Å². The molecule has 1 aromatic carbocycles. The third kappa shape index (κ3) is 2.73. The number of aliphatic carboxylic acids is 1. The molecule has 1 amide bonds. The van der Waals surface area contributed by atoms with Crippen LogP contribution in [-0.4, -0.2) is 40.6 Å². The summed E-state index contributed by atoms with van der Waals surface area (Å²) in [6, 6.07) is 5.66. The number of fused-ring (bicyclic) bond motifs is 1. The summed E-state index contributed by atoms with van der Waals surface area (Å²) in [6.07, 6.45) is 0.369. The number of pyridine rings is 1. The molecule has 126 valence electrons. The third-order valence-corrected chi connectivity index (χ3v) is 4.54. The van der Waals surface area contributed by atoms with E-state index in [2.05, 4.69) is 15.6 Å². The molecule has 3 N–H and O–H groups in total. The summed E-state index contributed by atoms with van der Waals surface area (Å²) < 4.78 is 0. The minimum Gasteiger partial charge on any atom is -0.479 e. The van der Waals surface area contributed by atoms with Gasteiger partial charge < -0.3 is 15.7 Å². The van der Waals surface area contributed by atoms with Crippen LogP contribution < -0.4 is 10.6 Å². The summed E-state index contributed by atoms with van der Waals surface area (Å²) in [7, 11) is 0. The van der Waals surface area contributed by atoms with Crippen molar-refractivity contribution in [1.29, 1.82) is 0 Å². The van der Waals surface area contributed by atoms with E-state index in [-0.39, 0.29) is 12.5 Å². The third-order valence-electron chi connectivity index (χ3n) is 4.54. The molecule has 1 atom stereocenters. The molecule has 2 heterocycles. The van der Waals surface area contributed by atoms with Gasteiger partial charge in [0.05, 0.1) is 11.1 Å². The summed E-state index contributed by atoms with van der Waals surface area (Å²) in [4.78, 5) is 29.1. The number of aromatic nitrogens is 1. The van der Waals surface area contributed by atoms with Crippen LogP contribution in [0.15, 0.2) is 18.2 Å². The number of amides is 1. The van der Waals surface area contributed by atoms with Crippen LogP contribution >= 0.6 is 0 Å². The standard InChI is InChI=1S/C18H21N3O3/c1-10-6-11(2)15-13(7-10)14(8-12(3)20-15)16(22)21-18(17(23)24)4-5-19-9-18/h6-8,19H,4-5,9H2,1-3H3,(H,21,22)(H,23,24)/t18-/m0/s1. The second kappa shape index (κ2) is 5.87. The Bertz CT molecular complexity index is 839. The highest BCUT2D eigenvalue weighted by molar-refractivity contribution is 6.08. The number of benzene rings is 1. The Kier molecular flexibility index (Phi) is 4.01. The highest BCUT2D eigenvalue weighted by Gasteiger charge is 2.43. The van der Waals surface area contributed by atoms with Crippen molar-refractivity contribution < 1.29 is 14.7 Å². The number of nitrogens with zero attached hydrogens (tertiary/aromatic N) is 1. The zero-order chi connectivity index (χ0) is 17.5. The first kappa shape index (κ1) is 16.4. The first-order valence-corrected chi connectivity index (χ1v) is 7.98. The van der Waals surface area contributed by atoms with Crippen LogP contribution in [0.4, 0.5) is 0 Å². The maximum Gasteiger partial charge on any atom is 0.330 e. The molecule has 0 bridgehead atoms. The van der Waals surface area contributed by atoms with Gasteiger partial charge in [-0.2, -0.15) is 0 Å². The molecule has 2 aromatic rings. The van der Waals surface area contributed by atoms with Crippen molar-refractivity contribution in [1.82, 2.24) is 15.6 Å². The lowest BCUT2D eigenvalue weighted by Gasteiger charge is -2.25. The van der Waals surface area contributed by atoms with Crippen molar-refractivity contribution in [3.05, 3.63) is 40.6 Å². The van der Waals surface area contributed by atoms with E-state index >= 15 is 0 Å². The van der Waals surface area contributed by atoms with E-state index in [4.69, 9.17) is 0 Å². The largest absolute Gasteiger partial charge is 0.479 e. The molecule has 0 aliphatic carbocycles. The first-order chi connectivity index (χ1) is 11.3. The van der Waals surface area contributed by atoms with Crippen LogP contribution in [0.25, 0.3) is 10.9 Å². The molecular formula is C18H21N3O3. The number of aryl methyl sites for hydroxylation is 3. The van der Waals surface area contributed by atoms with Gasteiger partial charge in [0.25, 0.3) is 5.91 Å². The van der Waals surface area contributed by atoms with Crippen LogP contribution in [-0.2, 0) is 4.79 Å². The number of carbonyl (C=O) groups excluding carboxylic acids is 1. The first-order valence-electron chi connectivity index (χ1n) is 7.98. The smallest absolute Gasteiger partial charge is 0.330 e. The number of carbonyl (C=O) groups is 2. The monoisotopic (exact) mass is 327 g/mol. The molecule has 6 nitrogen and oxygen atoms in total. The van der Waals surface area contributed by atoms with Crippen molar-refractivity contribution in [2.45, 2.75) is 32.7 Å². The van der Waals surface area contributed by atoms with E-state index in [9.17, 15) is 14.7 Å². The number of hydrogen-bond acceptors (Lipinski definition) is 4. The molecule has 1 aliphatic rings. The molecule has 0 spiro atoms. The zero-order valence-electron chi connectivity index (χ0n) is 14.1. The molecular weight excluding hydrogens is 306 g/mol. The van der Waals surface area contributed by atoms with E-state index in [1.165, 1.54) is 0 Å². The molecule has 3 rings (SSSR count). The summed E-state index contributed by atoms with van der Waals surface area (Å²) in [6.45, 7) is 6.56. The Morgan fingerprint density at radius 2 is 2.00 bits per heavy atom. The Balaban J connectivity index is 2.08. The van der Waals surface area contributed by atoms with Crippen LogP contribution in [0, 0.1) is 20.8 Å². The average Bonchev–Trinajstić information content (AvgIpc) is 2.97. The van der Waals surface area contributed by atoms with Crippen molar-refractivity contribution in [2.24, 2.45) is 0 Å². The number of carboxylic acid groups (broad SMARTS) is 1. The van der Waals surface area contributed by atoms with Gasteiger partial charge in [0.2, 0.25) is 0 Å². The van der Waals surface area contributed by atoms with Gasteiger partial charge in [0.15, 0.2) is 5.54 Å². The number of nitrogens with one attached hydrogen (secondary N) is 2. The normalized spacial score (nSPS) is 20.3. The fourth-order valence-corrected chi connectivity index (χ4v) is 3.32. The maximum absolute atomic E-state index is 12.9. The molecule has 0 saturated carbocycles. The van der Waals surface area contributed by atoms with E-state index in [0.29, 0.717) is 18.5 Å².